The molecule has 3 unspecified atom stereocenters. The second kappa shape index (κ2) is 6.32. The standard InChI is InChI=1S/C21H32O5/c1-4-17(24)26-16-11-25-19-18-14(6-8-21(16,19)3)20(2)7-5-13(22)9-12(20)10-15(18)23/h10,13-16,18-19,22-23H,4-9,11H2,1-3H3/t13-,14?,15-,16-,18?,19?,20-,21+/m0/s1. The first-order valence-corrected chi connectivity index (χ1v) is 10.2. The van der Waals surface area contributed by atoms with Crippen molar-refractivity contribution in [3.8, 4) is 0 Å². The highest BCUT2D eigenvalue weighted by atomic mass is 16.6. The van der Waals surface area contributed by atoms with Gasteiger partial charge < -0.3 is 19.7 Å². The summed E-state index contributed by atoms with van der Waals surface area (Å²) in [4.78, 5) is 11.8. The zero-order valence-corrected chi connectivity index (χ0v) is 16.1. The summed E-state index contributed by atoms with van der Waals surface area (Å²) < 4.78 is 11.9. The number of carbonyl (C=O) groups excluding carboxylic acids is 1. The number of esters is 1. The number of ether oxygens (including phenoxy) is 2. The Balaban J connectivity index is 1.64. The fourth-order valence-corrected chi connectivity index (χ4v) is 6.27. The van der Waals surface area contributed by atoms with E-state index in [0.29, 0.717) is 25.4 Å². The van der Waals surface area contributed by atoms with Gasteiger partial charge in [0.2, 0.25) is 0 Å². The van der Waals surface area contributed by atoms with Crippen molar-refractivity contribution in [2.24, 2.45) is 22.7 Å². The second-order valence-electron chi connectivity index (χ2n) is 9.31. The Hall–Kier alpha value is -0.910. The topological polar surface area (TPSA) is 76.0 Å². The molecule has 5 nitrogen and oxygen atoms in total. The van der Waals surface area contributed by atoms with Gasteiger partial charge in [0, 0.05) is 17.8 Å². The van der Waals surface area contributed by atoms with Crippen molar-refractivity contribution in [2.45, 2.75) is 83.7 Å². The molecule has 1 aliphatic heterocycles. The van der Waals surface area contributed by atoms with Crippen LogP contribution in [-0.4, -0.2) is 47.2 Å². The summed E-state index contributed by atoms with van der Waals surface area (Å²) in [6.45, 7) is 6.70. The van der Waals surface area contributed by atoms with Crippen LogP contribution in [0.5, 0.6) is 0 Å². The Morgan fingerprint density at radius 2 is 2.08 bits per heavy atom. The minimum Gasteiger partial charge on any atom is -0.459 e. The van der Waals surface area contributed by atoms with Gasteiger partial charge >= 0.3 is 5.97 Å². The van der Waals surface area contributed by atoms with E-state index in [0.717, 1.165) is 25.7 Å². The van der Waals surface area contributed by atoms with E-state index < -0.39 is 6.10 Å². The van der Waals surface area contributed by atoms with Gasteiger partial charge in [-0.1, -0.05) is 32.4 Å². The minimum atomic E-state index is -0.557. The summed E-state index contributed by atoms with van der Waals surface area (Å²) in [7, 11) is 0. The molecular weight excluding hydrogens is 332 g/mol. The number of hydrogen-bond acceptors (Lipinski definition) is 5. The molecule has 2 N–H and O–H groups in total. The van der Waals surface area contributed by atoms with E-state index in [1.807, 2.05) is 13.0 Å². The van der Waals surface area contributed by atoms with Crippen molar-refractivity contribution in [3.63, 3.8) is 0 Å². The Bertz CT molecular complexity index is 616. The number of aliphatic hydroxyl groups is 2. The molecule has 0 radical (unpaired) electrons. The molecule has 146 valence electrons. The lowest BCUT2D eigenvalue weighted by Crippen LogP contribution is -2.58. The monoisotopic (exact) mass is 364 g/mol. The van der Waals surface area contributed by atoms with Crippen LogP contribution in [-0.2, 0) is 14.3 Å². The van der Waals surface area contributed by atoms with Gasteiger partial charge in [-0.05, 0) is 43.4 Å². The van der Waals surface area contributed by atoms with E-state index in [1.54, 1.807) is 0 Å². The Morgan fingerprint density at radius 1 is 1.31 bits per heavy atom. The predicted octanol–water partition coefficient (Wildman–Crippen LogP) is 2.59. The summed E-state index contributed by atoms with van der Waals surface area (Å²) in [5, 5.41) is 21.1. The maximum atomic E-state index is 11.8. The molecule has 3 aliphatic carbocycles. The molecule has 4 rings (SSSR count). The van der Waals surface area contributed by atoms with E-state index >= 15 is 0 Å². The molecule has 4 aliphatic rings. The number of fused-ring (bicyclic) bond motifs is 5. The second-order valence-corrected chi connectivity index (χ2v) is 9.31. The molecular formula is C21H32O5. The summed E-state index contributed by atoms with van der Waals surface area (Å²) in [6.07, 6.45) is 5.62. The van der Waals surface area contributed by atoms with Crippen molar-refractivity contribution in [1.29, 1.82) is 0 Å². The van der Waals surface area contributed by atoms with Gasteiger partial charge in [-0.15, -0.1) is 0 Å². The van der Waals surface area contributed by atoms with Crippen molar-refractivity contribution < 1.29 is 24.5 Å². The largest absolute Gasteiger partial charge is 0.459 e. The quantitative estimate of drug-likeness (QED) is 0.582. The van der Waals surface area contributed by atoms with E-state index in [9.17, 15) is 15.0 Å². The summed E-state index contributed by atoms with van der Waals surface area (Å²) in [6, 6.07) is 0. The lowest BCUT2D eigenvalue weighted by molar-refractivity contribution is -0.158. The summed E-state index contributed by atoms with van der Waals surface area (Å²) in [5.41, 5.74) is 1.02. The molecule has 5 heteroatoms. The van der Waals surface area contributed by atoms with E-state index in [4.69, 9.17) is 9.47 Å². The predicted molar refractivity (Wildman–Crippen MR) is 96.3 cm³/mol. The van der Waals surface area contributed by atoms with Gasteiger partial charge in [-0.3, -0.25) is 4.79 Å². The van der Waals surface area contributed by atoms with Crippen LogP contribution in [0.1, 0.15) is 59.3 Å². The number of aliphatic hydroxyl groups excluding tert-OH is 2. The van der Waals surface area contributed by atoms with Gasteiger partial charge in [0.05, 0.1) is 24.9 Å². The lowest BCUT2D eigenvalue weighted by atomic mass is 9.49. The van der Waals surface area contributed by atoms with Crippen LogP contribution in [0.4, 0.5) is 0 Å². The lowest BCUT2D eigenvalue weighted by Gasteiger charge is -2.57. The van der Waals surface area contributed by atoms with Gasteiger partial charge in [0.25, 0.3) is 0 Å². The number of carbonyl (C=O) groups is 1. The molecule has 0 amide bonds. The van der Waals surface area contributed by atoms with Crippen LogP contribution in [0.2, 0.25) is 0 Å². The molecule has 8 atom stereocenters. The third-order valence-corrected chi connectivity index (χ3v) is 7.95. The van der Waals surface area contributed by atoms with E-state index in [1.165, 1.54) is 5.57 Å². The molecule has 1 saturated heterocycles. The maximum Gasteiger partial charge on any atom is 0.305 e. The first-order chi connectivity index (χ1) is 12.3. The van der Waals surface area contributed by atoms with E-state index in [-0.39, 0.29) is 41.0 Å². The van der Waals surface area contributed by atoms with Gasteiger partial charge in [-0.2, -0.15) is 0 Å². The fourth-order valence-electron chi connectivity index (χ4n) is 6.27. The van der Waals surface area contributed by atoms with Gasteiger partial charge in [0.1, 0.15) is 6.10 Å². The average molecular weight is 364 g/mol. The SMILES string of the molecule is CCC(=O)O[C@H]1COC2C3C(CC[C@@]21C)[C@@]1(C)CC[C@H](O)CC1=C[C@@H]3O. The van der Waals surface area contributed by atoms with Crippen molar-refractivity contribution in [1.82, 2.24) is 0 Å². The van der Waals surface area contributed by atoms with Crippen LogP contribution >= 0.6 is 0 Å². The molecule has 0 aromatic carbocycles. The number of rotatable bonds is 2. The van der Waals surface area contributed by atoms with Crippen LogP contribution < -0.4 is 0 Å². The number of hydrogen-bond donors (Lipinski definition) is 2. The van der Waals surface area contributed by atoms with Gasteiger partial charge in [-0.25, -0.2) is 0 Å². The van der Waals surface area contributed by atoms with Crippen LogP contribution in [0.3, 0.4) is 0 Å². The fraction of sp³-hybridized carbons (Fsp3) is 0.857. The van der Waals surface area contributed by atoms with E-state index in [2.05, 4.69) is 13.8 Å². The first-order valence-electron chi connectivity index (χ1n) is 10.2. The Labute approximate surface area is 155 Å². The van der Waals surface area contributed by atoms with Crippen LogP contribution in [0, 0.1) is 22.7 Å². The third kappa shape index (κ3) is 2.58. The maximum absolute atomic E-state index is 11.8. The molecule has 0 aromatic heterocycles. The molecule has 1 heterocycles. The van der Waals surface area contributed by atoms with Crippen LogP contribution in [0.15, 0.2) is 11.6 Å². The highest BCUT2D eigenvalue weighted by Crippen LogP contribution is 2.62. The van der Waals surface area contributed by atoms with Crippen molar-refractivity contribution >= 4 is 5.97 Å². The average Bonchev–Trinajstić information content (AvgIpc) is 2.93. The zero-order valence-electron chi connectivity index (χ0n) is 16.1. The first kappa shape index (κ1) is 18.5. The summed E-state index contributed by atoms with van der Waals surface area (Å²) in [5.74, 6) is 0.203. The highest BCUT2D eigenvalue weighted by Gasteiger charge is 2.62. The molecule has 0 bridgehead atoms. The molecule has 0 aromatic rings. The molecule has 26 heavy (non-hydrogen) atoms. The smallest absolute Gasteiger partial charge is 0.305 e. The van der Waals surface area contributed by atoms with Gasteiger partial charge in [0.15, 0.2) is 0 Å². The Morgan fingerprint density at radius 3 is 2.81 bits per heavy atom. The minimum absolute atomic E-state index is 0.0306. The zero-order chi connectivity index (χ0) is 18.7. The molecule has 3 fully saturated rings. The van der Waals surface area contributed by atoms with Crippen molar-refractivity contribution in [2.75, 3.05) is 6.61 Å². The van der Waals surface area contributed by atoms with Crippen LogP contribution in [0.25, 0.3) is 0 Å². The normalized spacial score (nSPS) is 50.3. The molecule has 0 spiro atoms. The summed E-state index contributed by atoms with van der Waals surface area (Å²) >= 11 is 0. The highest BCUT2D eigenvalue weighted by molar-refractivity contribution is 5.69. The Kier molecular flexibility index (Phi) is 4.48. The molecule has 2 saturated carbocycles. The van der Waals surface area contributed by atoms with Crippen molar-refractivity contribution in [3.05, 3.63) is 11.6 Å². The third-order valence-electron chi connectivity index (χ3n) is 7.95.